The Kier molecular flexibility index (Phi) is 4.92. The molecule has 5 rings (SSSR count). The van der Waals surface area contributed by atoms with Crippen LogP contribution in [-0.2, 0) is 6.42 Å². The largest absolute Gasteiger partial charge is 0.322 e. The van der Waals surface area contributed by atoms with Gasteiger partial charge in [0.1, 0.15) is 0 Å². The molecular weight excluding hydrogens is 406 g/mol. The van der Waals surface area contributed by atoms with Crippen molar-refractivity contribution < 1.29 is 9.59 Å². The lowest BCUT2D eigenvalue weighted by Crippen LogP contribution is -2.32. The predicted octanol–water partition coefficient (Wildman–Crippen LogP) is 5.30. The highest BCUT2D eigenvalue weighted by Crippen LogP contribution is 2.30. The first-order valence-corrected chi connectivity index (χ1v) is 11.0. The van der Waals surface area contributed by atoms with Crippen molar-refractivity contribution in [3.05, 3.63) is 100 Å². The third-order valence-corrected chi connectivity index (χ3v) is 6.44. The molecule has 4 aromatic rings. The van der Waals surface area contributed by atoms with Crippen LogP contribution in [0.2, 0.25) is 0 Å². The van der Waals surface area contributed by atoms with E-state index in [9.17, 15) is 9.59 Å². The summed E-state index contributed by atoms with van der Waals surface area (Å²) in [5, 5.41) is 4.81. The first-order valence-electron chi connectivity index (χ1n) is 10.1. The van der Waals surface area contributed by atoms with Gasteiger partial charge in [-0.2, -0.15) is 0 Å². The molecule has 0 bridgehead atoms. The Balaban J connectivity index is 1.39. The fraction of sp³-hybridized carbons (Fsp3) is 0.120. The third kappa shape index (κ3) is 3.55. The Morgan fingerprint density at radius 2 is 1.71 bits per heavy atom. The van der Waals surface area contributed by atoms with Gasteiger partial charge in [-0.3, -0.25) is 9.59 Å². The minimum atomic E-state index is -0.138. The number of rotatable bonds is 3. The van der Waals surface area contributed by atoms with Crippen molar-refractivity contribution in [1.82, 2.24) is 4.57 Å². The van der Waals surface area contributed by atoms with Crippen LogP contribution >= 0.6 is 11.3 Å². The molecule has 0 radical (unpaired) electrons. The maximum atomic E-state index is 13.4. The summed E-state index contributed by atoms with van der Waals surface area (Å²) in [5.41, 5.74) is 5.02. The number of carbonyl (C=O) groups is 2. The number of fused-ring (bicyclic) bond motifs is 3. The minimum Gasteiger partial charge on any atom is -0.322 e. The zero-order valence-electron chi connectivity index (χ0n) is 17.0. The standard InChI is InChI=1S/C25H21N3O2S/c1-17-21(13-16-31-17)24(29)26-19-10-8-18(9-11-19)25(30)28-15-12-20-5-4-14-27(20)22-6-2-3-7-23(22)28/h2-11,13-14,16H,12,15H2,1H3,(H,26,29). The summed E-state index contributed by atoms with van der Waals surface area (Å²) in [6.07, 6.45) is 2.82. The first kappa shape index (κ1) is 19.3. The van der Waals surface area contributed by atoms with Gasteiger partial charge in [0.05, 0.1) is 16.9 Å². The van der Waals surface area contributed by atoms with Gasteiger partial charge >= 0.3 is 0 Å². The molecule has 1 aliphatic rings. The van der Waals surface area contributed by atoms with Crippen LogP contribution in [0.3, 0.4) is 0 Å². The monoisotopic (exact) mass is 427 g/mol. The second kappa shape index (κ2) is 7.89. The second-order valence-electron chi connectivity index (χ2n) is 7.49. The number of nitrogens with zero attached hydrogens (tertiary/aromatic N) is 2. The van der Waals surface area contributed by atoms with E-state index < -0.39 is 0 Å². The van der Waals surface area contributed by atoms with E-state index in [1.807, 2.05) is 59.8 Å². The summed E-state index contributed by atoms with van der Waals surface area (Å²) in [6, 6.07) is 21.0. The molecule has 0 unspecified atom stereocenters. The topological polar surface area (TPSA) is 54.3 Å². The molecule has 154 valence electrons. The number of carbonyl (C=O) groups excluding carboxylic acids is 2. The number of hydrogen-bond donors (Lipinski definition) is 1. The van der Waals surface area contributed by atoms with Gasteiger partial charge in [-0.15, -0.1) is 11.3 Å². The molecule has 2 aromatic heterocycles. The fourth-order valence-corrected chi connectivity index (χ4v) is 4.68. The van der Waals surface area contributed by atoms with Crippen LogP contribution in [0.4, 0.5) is 11.4 Å². The van der Waals surface area contributed by atoms with E-state index in [-0.39, 0.29) is 11.8 Å². The highest BCUT2D eigenvalue weighted by Gasteiger charge is 2.24. The van der Waals surface area contributed by atoms with E-state index in [4.69, 9.17) is 0 Å². The highest BCUT2D eigenvalue weighted by atomic mass is 32.1. The molecule has 0 saturated heterocycles. The van der Waals surface area contributed by atoms with Crippen LogP contribution in [0, 0.1) is 6.92 Å². The zero-order chi connectivity index (χ0) is 21.4. The molecule has 0 fully saturated rings. The zero-order valence-corrected chi connectivity index (χ0v) is 17.9. The molecule has 6 heteroatoms. The molecule has 2 aromatic carbocycles. The van der Waals surface area contributed by atoms with E-state index in [1.165, 1.54) is 5.69 Å². The molecule has 0 aliphatic carbocycles. The summed E-state index contributed by atoms with van der Waals surface area (Å²) in [5.74, 6) is -0.189. The molecule has 31 heavy (non-hydrogen) atoms. The Hall–Kier alpha value is -3.64. The van der Waals surface area contributed by atoms with Crippen LogP contribution in [0.1, 0.15) is 31.3 Å². The van der Waals surface area contributed by atoms with Gasteiger partial charge in [-0.05, 0) is 66.9 Å². The third-order valence-electron chi connectivity index (χ3n) is 5.60. The Labute approximate surface area is 184 Å². The van der Waals surface area contributed by atoms with E-state index in [2.05, 4.69) is 16.0 Å². The van der Waals surface area contributed by atoms with Crippen molar-refractivity contribution in [2.24, 2.45) is 0 Å². The molecule has 5 nitrogen and oxygen atoms in total. The summed E-state index contributed by atoms with van der Waals surface area (Å²) >= 11 is 1.55. The Morgan fingerprint density at radius 1 is 0.935 bits per heavy atom. The molecule has 1 N–H and O–H groups in total. The first-order chi connectivity index (χ1) is 15.1. The number of aromatic nitrogens is 1. The molecule has 0 atom stereocenters. The summed E-state index contributed by atoms with van der Waals surface area (Å²) < 4.78 is 2.15. The lowest BCUT2D eigenvalue weighted by Gasteiger charge is -2.23. The van der Waals surface area contributed by atoms with Gasteiger partial charge in [-0.1, -0.05) is 12.1 Å². The smallest absolute Gasteiger partial charge is 0.258 e. The Bertz CT molecular complexity index is 1270. The molecule has 3 heterocycles. The van der Waals surface area contributed by atoms with Crippen LogP contribution in [0.25, 0.3) is 5.69 Å². The van der Waals surface area contributed by atoms with E-state index in [0.717, 1.165) is 22.7 Å². The molecule has 2 amide bonds. The summed E-state index contributed by atoms with van der Waals surface area (Å²) in [6.45, 7) is 2.53. The predicted molar refractivity (Wildman–Crippen MR) is 125 cm³/mol. The average molecular weight is 428 g/mol. The van der Waals surface area contributed by atoms with Crippen LogP contribution in [0.15, 0.2) is 78.3 Å². The number of nitrogens with one attached hydrogen (secondary N) is 1. The van der Waals surface area contributed by atoms with Crippen molar-refractivity contribution in [3.8, 4) is 5.69 Å². The quantitative estimate of drug-likeness (QED) is 0.482. The maximum absolute atomic E-state index is 13.4. The average Bonchev–Trinajstić information content (AvgIpc) is 3.40. The summed E-state index contributed by atoms with van der Waals surface area (Å²) in [4.78, 5) is 28.6. The van der Waals surface area contributed by atoms with Crippen molar-refractivity contribution in [1.29, 1.82) is 0 Å². The number of benzene rings is 2. The van der Waals surface area contributed by atoms with Crippen molar-refractivity contribution >= 4 is 34.5 Å². The molecule has 0 spiro atoms. The van der Waals surface area contributed by atoms with Gasteiger partial charge in [0.15, 0.2) is 0 Å². The van der Waals surface area contributed by atoms with Gasteiger partial charge in [-0.25, -0.2) is 0 Å². The molecule has 1 aliphatic heterocycles. The van der Waals surface area contributed by atoms with Crippen molar-refractivity contribution in [2.45, 2.75) is 13.3 Å². The number of aryl methyl sites for hydroxylation is 1. The lowest BCUT2D eigenvalue weighted by atomic mass is 10.1. The number of para-hydroxylation sites is 2. The van der Waals surface area contributed by atoms with Crippen molar-refractivity contribution in [3.63, 3.8) is 0 Å². The highest BCUT2D eigenvalue weighted by molar-refractivity contribution is 7.10. The number of amides is 2. The number of thiophene rings is 1. The van der Waals surface area contributed by atoms with Gasteiger partial charge in [0, 0.05) is 41.0 Å². The normalized spacial score (nSPS) is 12.6. The maximum Gasteiger partial charge on any atom is 0.258 e. The fourth-order valence-electron chi connectivity index (χ4n) is 3.98. The Morgan fingerprint density at radius 3 is 2.45 bits per heavy atom. The minimum absolute atomic E-state index is 0.0511. The van der Waals surface area contributed by atoms with Gasteiger partial charge < -0.3 is 14.8 Å². The lowest BCUT2D eigenvalue weighted by molar-refractivity contribution is 0.0986. The number of hydrogen-bond acceptors (Lipinski definition) is 3. The molecular formula is C25H21N3O2S. The van der Waals surface area contributed by atoms with Crippen LogP contribution < -0.4 is 10.2 Å². The molecule has 0 saturated carbocycles. The van der Waals surface area contributed by atoms with E-state index in [1.54, 1.807) is 35.6 Å². The van der Waals surface area contributed by atoms with Gasteiger partial charge in [0.2, 0.25) is 0 Å². The van der Waals surface area contributed by atoms with Gasteiger partial charge in [0.25, 0.3) is 11.8 Å². The van der Waals surface area contributed by atoms with Crippen molar-refractivity contribution in [2.75, 3.05) is 16.8 Å². The van der Waals surface area contributed by atoms with Crippen LogP contribution in [-0.4, -0.2) is 22.9 Å². The number of anilines is 2. The van der Waals surface area contributed by atoms with E-state index >= 15 is 0 Å². The van der Waals surface area contributed by atoms with Crippen LogP contribution in [0.5, 0.6) is 0 Å². The summed E-state index contributed by atoms with van der Waals surface area (Å²) in [7, 11) is 0. The SMILES string of the molecule is Cc1sccc1C(=O)Nc1ccc(C(=O)N2CCc3cccn3-c3ccccc32)cc1. The van der Waals surface area contributed by atoms with E-state index in [0.29, 0.717) is 23.4 Å². The second-order valence-corrected chi connectivity index (χ2v) is 8.61.